The Morgan fingerprint density at radius 3 is 2.66 bits per heavy atom. The lowest BCUT2D eigenvalue weighted by Crippen LogP contribution is -2.50. The average molecular weight is 478 g/mol. The van der Waals surface area contributed by atoms with E-state index in [2.05, 4.69) is 60.9 Å². The van der Waals surface area contributed by atoms with Gasteiger partial charge < -0.3 is 15.5 Å². The molecule has 1 aliphatic rings. The van der Waals surface area contributed by atoms with Crippen molar-refractivity contribution in [1.82, 2.24) is 24.8 Å². The van der Waals surface area contributed by atoms with E-state index in [-0.39, 0.29) is 11.4 Å². The molecule has 3 heterocycles. The zero-order valence-electron chi connectivity index (χ0n) is 16.0. The fraction of sp³-hybridized carbons (Fsp3) is 0.350. The van der Waals surface area contributed by atoms with Crippen LogP contribution >= 0.6 is 27.5 Å². The second-order valence-electron chi connectivity index (χ2n) is 7.24. The Morgan fingerprint density at radius 1 is 1.24 bits per heavy atom. The van der Waals surface area contributed by atoms with Gasteiger partial charge in [0.25, 0.3) is 0 Å². The number of likely N-dealkylation sites (tertiary alicyclic amines) is 1. The first-order valence-corrected chi connectivity index (χ1v) is 10.7. The molecule has 0 atom stereocenters. The van der Waals surface area contributed by atoms with Crippen LogP contribution in [0.15, 0.2) is 47.1 Å². The molecule has 29 heavy (non-hydrogen) atoms. The summed E-state index contributed by atoms with van der Waals surface area (Å²) in [5.74, 6) is 0.787. The van der Waals surface area contributed by atoms with E-state index in [1.807, 2.05) is 17.0 Å². The highest BCUT2D eigenvalue weighted by Crippen LogP contribution is 2.36. The molecule has 0 radical (unpaired) electrons. The lowest BCUT2D eigenvalue weighted by Gasteiger charge is -2.42. The summed E-state index contributed by atoms with van der Waals surface area (Å²) < 4.78 is 2.45. The molecule has 0 saturated carbocycles. The number of hydrogen-bond acceptors (Lipinski definition) is 4. The smallest absolute Gasteiger partial charge is 0.317 e. The number of piperidine rings is 1. The van der Waals surface area contributed by atoms with Gasteiger partial charge >= 0.3 is 6.03 Å². The highest BCUT2D eigenvalue weighted by atomic mass is 79.9. The number of nitrogens with one attached hydrogen (secondary N) is 2. The molecular weight excluding hydrogens is 456 g/mol. The van der Waals surface area contributed by atoms with Crippen LogP contribution in [-0.2, 0) is 5.41 Å². The number of amides is 2. The summed E-state index contributed by atoms with van der Waals surface area (Å²) in [6.07, 6.45) is 1.73. The highest BCUT2D eigenvalue weighted by molar-refractivity contribution is 9.10. The molecule has 0 unspecified atom stereocenters. The minimum atomic E-state index is -0.0990. The highest BCUT2D eigenvalue weighted by Gasteiger charge is 2.37. The lowest BCUT2D eigenvalue weighted by molar-refractivity contribution is 0.162. The number of nitrogens with zero attached hydrogens (tertiary/aromatic N) is 4. The standard InChI is InChI=1S/C20H22BrClN6O/c1-23-19(29)27-9-7-20(8-10-27,14-5-3-2-4-6-14)13-24-17-12-16(22)25-18-11-15(21)26-28(17)18/h2-6,11-12,24H,7-10,13H2,1H3,(H,23,29). The number of halogens is 2. The Bertz CT molecular complexity index is 1020. The summed E-state index contributed by atoms with van der Waals surface area (Å²) in [7, 11) is 1.67. The van der Waals surface area contributed by atoms with Crippen LogP contribution in [0.3, 0.4) is 0 Å². The fourth-order valence-corrected chi connectivity index (χ4v) is 4.51. The van der Waals surface area contributed by atoms with Gasteiger partial charge in [0.1, 0.15) is 15.6 Å². The third-order valence-corrected chi connectivity index (χ3v) is 6.16. The van der Waals surface area contributed by atoms with Gasteiger partial charge in [0, 0.05) is 44.2 Å². The molecule has 152 valence electrons. The molecule has 1 saturated heterocycles. The molecule has 1 aliphatic heterocycles. The molecule has 0 spiro atoms. The predicted octanol–water partition coefficient (Wildman–Crippen LogP) is 3.93. The van der Waals surface area contributed by atoms with E-state index in [4.69, 9.17) is 11.6 Å². The van der Waals surface area contributed by atoms with Crippen molar-refractivity contribution >= 4 is 45.0 Å². The lowest BCUT2D eigenvalue weighted by atomic mass is 9.72. The Labute approximate surface area is 182 Å². The molecule has 9 heteroatoms. The van der Waals surface area contributed by atoms with Crippen molar-refractivity contribution < 1.29 is 4.79 Å². The van der Waals surface area contributed by atoms with Gasteiger partial charge in [0.2, 0.25) is 0 Å². The minimum absolute atomic E-state index is 0.0244. The zero-order valence-corrected chi connectivity index (χ0v) is 18.4. The number of carbonyl (C=O) groups excluding carboxylic acids is 1. The number of rotatable bonds is 4. The number of hydrogen-bond donors (Lipinski definition) is 2. The van der Waals surface area contributed by atoms with Gasteiger partial charge in [-0.2, -0.15) is 9.61 Å². The summed E-state index contributed by atoms with van der Waals surface area (Å²) in [5, 5.41) is 11.1. The quantitative estimate of drug-likeness (QED) is 0.558. The van der Waals surface area contributed by atoms with E-state index < -0.39 is 0 Å². The van der Waals surface area contributed by atoms with E-state index in [0.717, 1.165) is 18.7 Å². The van der Waals surface area contributed by atoms with Crippen molar-refractivity contribution in [3.8, 4) is 0 Å². The van der Waals surface area contributed by atoms with Crippen molar-refractivity contribution in [3.63, 3.8) is 0 Å². The first kappa shape index (κ1) is 20.0. The van der Waals surface area contributed by atoms with Gasteiger partial charge in [-0.1, -0.05) is 41.9 Å². The maximum atomic E-state index is 12.0. The van der Waals surface area contributed by atoms with E-state index in [9.17, 15) is 4.79 Å². The molecule has 0 aliphatic carbocycles. The topological polar surface area (TPSA) is 74.6 Å². The molecule has 3 aromatic rings. The van der Waals surface area contributed by atoms with Gasteiger partial charge in [-0.3, -0.25) is 0 Å². The van der Waals surface area contributed by atoms with Crippen molar-refractivity contribution in [2.45, 2.75) is 18.3 Å². The van der Waals surface area contributed by atoms with Gasteiger partial charge in [0.15, 0.2) is 5.65 Å². The second-order valence-corrected chi connectivity index (χ2v) is 8.44. The van der Waals surface area contributed by atoms with Gasteiger partial charge in [0.05, 0.1) is 0 Å². The van der Waals surface area contributed by atoms with Gasteiger partial charge in [-0.05, 0) is 34.3 Å². The first-order chi connectivity index (χ1) is 14.0. The number of fused-ring (bicyclic) bond motifs is 1. The van der Waals surface area contributed by atoms with E-state index in [1.54, 1.807) is 17.6 Å². The minimum Gasteiger partial charge on any atom is -0.369 e. The normalized spacial score (nSPS) is 16.0. The Kier molecular flexibility index (Phi) is 5.65. The molecule has 2 amide bonds. The zero-order chi connectivity index (χ0) is 20.4. The number of aromatic nitrogens is 3. The van der Waals surface area contributed by atoms with Gasteiger partial charge in [-0.25, -0.2) is 9.78 Å². The van der Waals surface area contributed by atoms with E-state index in [0.29, 0.717) is 35.0 Å². The third-order valence-electron chi connectivity index (χ3n) is 5.58. The number of urea groups is 1. The number of anilines is 1. The molecule has 0 bridgehead atoms. The van der Waals surface area contributed by atoms with Crippen molar-refractivity contribution in [3.05, 3.63) is 57.8 Å². The van der Waals surface area contributed by atoms with E-state index in [1.165, 1.54) is 5.56 Å². The van der Waals surface area contributed by atoms with Crippen molar-refractivity contribution in [1.29, 1.82) is 0 Å². The molecule has 2 aromatic heterocycles. The summed E-state index contributed by atoms with van der Waals surface area (Å²) in [6.45, 7) is 2.11. The van der Waals surface area contributed by atoms with Crippen LogP contribution in [0.5, 0.6) is 0 Å². The molecule has 1 fully saturated rings. The maximum absolute atomic E-state index is 12.0. The van der Waals surface area contributed by atoms with Crippen LogP contribution in [0.2, 0.25) is 5.15 Å². The van der Waals surface area contributed by atoms with Crippen LogP contribution in [0, 0.1) is 0 Å². The number of benzene rings is 1. The van der Waals surface area contributed by atoms with Crippen molar-refractivity contribution in [2.75, 3.05) is 32.0 Å². The largest absolute Gasteiger partial charge is 0.369 e. The monoisotopic (exact) mass is 476 g/mol. The Hall–Kier alpha value is -2.32. The Morgan fingerprint density at radius 2 is 1.97 bits per heavy atom. The van der Waals surface area contributed by atoms with Crippen molar-refractivity contribution in [2.24, 2.45) is 0 Å². The summed E-state index contributed by atoms with van der Waals surface area (Å²) in [5.41, 5.74) is 1.84. The first-order valence-electron chi connectivity index (χ1n) is 9.49. The molecule has 4 rings (SSSR count). The maximum Gasteiger partial charge on any atom is 0.317 e. The fourth-order valence-electron chi connectivity index (χ4n) is 3.96. The molecular formula is C20H22BrClN6O. The third kappa shape index (κ3) is 4.04. The summed E-state index contributed by atoms with van der Waals surface area (Å²) in [4.78, 5) is 18.2. The van der Waals surface area contributed by atoms with Crippen LogP contribution in [0.25, 0.3) is 5.65 Å². The molecule has 7 nitrogen and oxygen atoms in total. The van der Waals surface area contributed by atoms with Crippen LogP contribution in [0.4, 0.5) is 10.6 Å². The van der Waals surface area contributed by atoms with Crippen LogP contribution in [-0.4, -0.2) is 52.2 Å². The van der Waals surface area contributed by atoms with E-state index >= 15 is 0 Å². The second kappa shape index (κ2) is 8.20. The summed E-state index contributed by atoms with van der Waals surface area (Å²) >= 11 is 9.62. The average Bonchev–Trinajstić information content (AvgIpc) is 3.12. The SMILES string of the molecule is CNC(=O)N1CCC(CNc2cc(Cl)nc3cc(Br)nn23)(c2ccccc2)CC1. The summed E-state index contributed by atoms with van der Waals surface area (Å²) in [6, 6.07) is 14.1. The molecule has 1 aromatic carbocycles. The van der Waals surface area contributed by atoms with Crippen LogP contribution < -0.4 is 10.6 Å². The number of carbonyl (C=O) groups is 1. The predicted molar refractivity (Wildman–Crippen MR) is 118 cm³/mol. The van der Waals surface area contributed by atoms with Crippen LogP contribution in [0.1, 0.15) is 18.4 Å². The molecule has 2 N–H and O–H groups in total. The van der Waals surface area contributed by atoms with Gasteiger partial charge in [-0.15, -0.1) is 0 Å². The Balaban J connectivity index is 1.62.